The van der Waals surface area contributed by atoms with Gasteiger partial charge < -0.3 is 14.4 Å². The third-order valence-electron chi connectivity index (χ3n) is 6.53. The lowest BCUT2D eigenvalue weighted by Gasteiger charge is -2.37. The van der Waals surface area contributed by atoms with Crippen LogP contribution >= 0.6 is 0 Å². The minimum Gasteiger partial charge on any atom is -0.456 e. The highest BCUT2D eigenvalue weighted by Crippen LogP contribution is 2.56. The van der Waals surface area contributed by atoms with Crippen molar-refractivity contribution in [3.63, 3.8) is 0 Å². The molecule has 5 rings (SSSR count). The van der Waals surface area contributed by atoms with E-state index in [-0.39, 0.29) is 5.97 Å². The summed E-state index contributed by atoms with van der Waals surface area (Å²) in [4.78, 5) is 15.3. The first-order valence-corrected chi connectivity index (χ1v) is 11.7. The molecule has 3 aromatic rings. The van der Waals surface area contributed by atoms with Gasteiger partial charge in [0.25, 0.3) is 0 Å². The fourth-order valence-electron chi connectivity index (χ4n) is 4.88. The molecule has 0 amide bonds. The van der Waals surface area contributed by atoms with Crippen molar-refractivity contribution in [3.05, 3.63) is 89.0 Å². The van der Waals surface area contributed by atoms with E-state index in [4.69, 9.17) is 9.47 Å². The van der Waals surface area contributed by atoms with Gasteiger partial charge in [0, 0.05) is 41.5 Å². The Hall–Kier alpha value is -3.27. The van der Waals surface area contributed by atoms with Crippen LogP contribution in [0.5, 0.6) is 11.5 Å². The van der Waals surface area contributed by atoms with Gasteiger partial charge in [-0.05, 0) is 37.1 Å². The summed E-state index contributed by atoms with van der Waals surface area (Å²) in [7, 11) is 0. The summed E-state index contributed by atoms with van der Waals surface area (Å²) in [5, 5.41) is 0. The van der Waals surface area contributed by atoms with Crippen molar-refractivity contribution in [2.24, 2.45) is 0 Å². The van der Waals surface area contributed by atoms with Crippen LogP contribution in [0.2, 0.25) is 0 Å². The van der Waals surface area contributed by atoms with Gasteiger partial charge in [0.2, 0.25) is 0 Å². The van der Waals surface area contributed by atoms with Crippen LogP contribution in [-0.4, -0.2) is 19.1 Å². The van der Waals surface area contributed by atoms with Gasteiger partial charge >= 0.3 is 5.97 Å². The van der Waals surface area contributed by atoms with Crippen LogP contribution in [0.25, 0.3) is 0 Å². The Kier molecular flexibility index (Phi) is 5.38. The van der Waals surface area contributed by atoms with Crippen molar-refractivity contribution >= 4 is 11.7 Å². The molecule has 0 aromatic heterocycles. The number of ether oxygens (including phenoxy) is 2. The maximum absolute atomic E-state index is 12.9. The second kappa shape index (κ2) is 8.34. The van der Waals surface area contributed by atoms with Crippen LogP contribution in [0.3, 0.4) is 0 Å². The van der Waals surface area contributed by atoms with Crippen molar-refractivity contribution in [1.82, 2.24) is 0 Å². The zero-order chi connectivity index (χ0) is 22.1. The largest absolute Gasteiger partial charge is 0.456 e. The lowest BCUT2D eigenvalue weighted by molar-refractivity contribution is 0.0224. The molecule has 1 unspecified atom stereocenters. The maximum Gasteiger partial charge on any atom is 0.340 e. The summed E-state index contributed by atoms with van der Waals surface area (Å²) >= 11 is 0. The Morgan fingerprint density at radius 1 is 0.781 bits per heavy atom. The van der Waals surface area contributed by atoms with Gasteiger partial charge in [-0.15, -0.1) is 0 Å². The first-order chi connectivity index (χ1) is 15.7. The number of carbonyl (C=O) groups excluding carboxylic acids is 1. The number of benzene rings is 3. The third-order valence-corrected chi connectivity index (χ3v) is 6.53. The van der Waals surface area contributed by atoms with Crippen LogP contribution in [-0.2, 0) is 10.3 Å². The van der Waals surface area contributed by atoms with Crippen LogP contribution in [0, 0.1) is 0 Å². The maximum atomic E-state index is 12.9. The molecule has 2 aliphatic rings. The van der Waals surface area contributed by atoms with Gasteiger partial charge in [-0.1, -0.05) is 63.1 Å². The van der Waals surface area contributed by atoms with Gasteiger partial charge in [0.15, 0.2) is 5.60 Å². The quantitative estimate of drug-likeness (QED) is 0.395. The molecule has 1 spiro atoms. The van der Waals surface area contributed by atoms with E-state index in [2.05, 4.69) is 36.9 Å². The predicted molar refractivity (Wildman–Crippen MR) is 127 cm³/mol. The fraction of sp³-hybridized carbons (Fsp3) is 0.321. The van der Waals surface area contributed by atoms with Gasteiger partial charge in [-0.2, -0.15) is 0 Å². The molecule has 0 radical (unpaired) electrons. The molecule has 4 heteroatoms. The Bertz CT molecular complexity index is 1150. The van der Waals surface area contributed by atoms with E-state index in [9.17, 15) is 4.79 Å². The average Bonchev–Trinajstić information content (AvgIpc) is 3.12. The molecule has 3 aromatic carbocycles. The van der Waals surface area contributed by atoms with Crippen LogP contribution < -0.4 is 9.64 Å². The molecule has 32 heavy (non-hydrogen) atoms. The van der Waals surface area contributed by atoms with Crippen molar-refractivity contribution in [2.45, 2.75) is 45.1 Å². The molecule has 2 aliphatic heterocycles. The number of para-hydroxylation sites is 1. The molecule has 2 heterocycles. The summed E-state index contributed by atoms with van der Waals surface area (Å²) < 4.78 is 12.6. The summed E-state index contributed by atoms with van der Waals surface area (Å²) in [6.07, 6.45) is 4.62. The molecule has 4 nitrogen and oxygen atoms in total. The number of carbonyl (C=O) groups is 1. The second-order valence-electron chi connectivity index (χ2n) is 8.59. The van der Waals surface area contributed by atoms with E-state index in [1.165, 1.54) is 0 Å². The lowest BCUT2D eigenvalue weighted by atomic mass is 9.77. The second-order valence-corrected chi connectivity index (χ2v) is 8.59. The molecule has 0 aliphatic carbocycles. The Labute approximate surface area is 189 Å². The van der Waals surface area contributed by atoms with E-state index in [0.29, 0.717) is 5.56 Å². The van der Waals surface area contributed by atoms with E-state index in [0.717, 1.165) is 72.6 Å². The van der Waals surface area contributed by atoms with Gasteiger partial charge in [-0.3, -0.25) is 0 Å². The molecular formula is C28H29NO3. The van der Waals surface area contributed by atoms with E-state index in [1.807, 2.05) is 48.5 Å². The van der Waals surface area contributed by atoms with Crippen molar-refractivity contribution in [2.75, 3.05) is 18.0 Å². The summed E-state index contributed by atoms with van der Waals surface area (Å²) in [6.45, 7) is 6.49. The Morgan fingerprint density at radius 2 is 1.44 bits per heavy atom. The summed E-state index contributed by atoms with van der Waals surface area (Å²) in [5.41, 5.74) is 3.42. The van der Waals surface area contributed by atoms with Gasteiger partial charge in [0.05, 0.1) is 5.56 Å². The van der Waals surface area contributed by atoms with Crippen LogP contribution in [0.4, 0.5) is 5.69 Å². The fourth-order valence-corrected chi connectivity index (χ4v) is 4.88. The number of hydrogen-bond donors (Lipinski definition) is 0. The van der Waals surface area contributed by atoms with Crippen molar-refractivity contribution in [3.8, 4) is 11.5 Å². The number of hydrogen-bond acceptors (Lipinski definition) is 4. The van der Waals surface area contributed by atoms with Gasteiger partial charge in [-0.25, -0.2) is 4.79 Å². The number of esters is 1. The predicted octanol–water partition coefficient (Wildman–Crippen LogP) is 6.66. The Morgan fingerprint density at radius 3 is 2.19 bits per heavy atom. The highest BCUT2D eigenvalue weighted by atomic mass is 16.6. The monoisotopic (exact) mass is 427 g/mol. The highest BCUT2D eigenvalue weighted by molar-refractivity contribution is 5.97. The molecule has 0 saturated heterocycles. The van der Waals surface area contributed by atoms with Crippen molar-refractivity contribution in [1.29, 1.82) is 0 Å². The van der Waals surface area contributed by atoms with E-state index < -0.39 is 5.60 Å². The highest BCUT2D eigenvalue weighted by Gasteiger charge is 2.53. The molecule has 1 atom stereocenters. The molecule has 164 valence electrons. The Balaban J connectivity index is 1.66. The lowest BCUT2D eigenvalue weighted by Crippen LogP contribution is -2.33. The molecule has 0 saturated carbocycles. The number of fused-ring (bicyclic) bond motifs is 6. The number of nitrogens with zero attached hydrogens (tertiary/aromatic N) is 1. The van der Waals surface area contributed by atoms with E-state index in [1.54, 1.807) is 0 Å². The molecular weight excluding hydrogens is 398 g/mol. The minimum atomic E-state index is -0.978. The van der Waals surface area contributed by atoms with Crippen molar-refractivity contribution < 1.29 is 14.3 Å². The smallest absolute Gasteiger partial charge is 0.340 e. The molecule has 0 fully saturated rings. The standard InChI is InChI=1S/C28H29NO3/c1-3-5-17-29(18-6-4-2)20-15-16-24-26(19-20)31-25-14-10-9-13-23(25)28(24)22-12-8-7-11-21(22)27(30)32-28/h7-16,19H,3-6,17-18H2,1-2H3. The summed E-state index contributed by atoms with van der Waals surface area (Å²) in [5.74, 6) is 1.19. The van der Waals surface area contributed by atoms with Gasteiger partial charge in [0.1, 0.15) is 11.5 Å². The molecule has 0 bridgehead atoms. The topological polar surface area (TPSA) is 38.8 Å². The average molecular weight is 428 g/mol. The number of rotatable bonds is 7. The van der Waals surface area contributed by atoms with Crippen LogP contribution in [0.15, 0.2) is 66.7 Å². The van der Waals surface area contributed by atoms with Crippen LogP contribution in [0.1, 0.15) is 66.6 Å². The zero-order valence-electron chi connectivity index (χ0n) is 18.8. The molecule has 0 N–H and O–H groups in total. The SMILES string of the molecule is CCCCN(CCCC)c1ccc2c(c1)Oc1ccccc1C21OC(=O)c2ccccc21. The first-order valence-electron chi connectivity index (χ1n) is 11.7. The summed E-state index contributed by atoms with van der Waals surface area (Å²) in [6, 6.07) is 21.9. The number of unbranched alkanes of at least 4 members (excludes halogenated alkanes) is 2. The van der Waals surface area contributed by atoms with E-state index >= 15 is 0 Å². The number of anilines is 1. The first kappa shape index (κ1) is 20.6. The minimum absolute atomic E-state index is 0.292. The normalized spacial score (nSPS) is 17.9. The zero-order valence-corrected chi connectivity index (χ0v) is 18.8. The third kappa shape index (κ3) is 3.17.